The predicted octanol–water partition coefficient (Wildman–Crippen LogP) is 2.20. The number of hydrogen-bond acceptors (Lipinski definition) is 2. The smallest absolute Gasteiger partial charge is 0.242 e. The van der Waals surface area contributed by atoms with Gasteiger partial charge in [0.1, 0.15) is 5.38 Å². The van der Waals surface area contributed by atoms with E-state index in [1.165, 1.54) is 11.1 Å². The van der Waals surface area contributed by atoms with Crippen LogP contribution < -0.4 is 5.32 Å². The molecule has 86 valence electrons. The van der Waals surface area contributed by atoms with E-state index < -0.39 is 5.38 Å². The molecule has 0 aromatic heterocycles. The highest BCUT2D eigenvalue weighted by atomic mass is 35.5. The van der Waals surface area contributed by atoms with Crippen molar-refractivity contribution in [1.82, 2.24) is 4.90 Å². The van der Waals surface area contributed by atoms with E-state index in [0.717, 1.165) is 18.8 Å². The number of carbonyl (C=O) groups excluding carboxylic acids is 1. The molecule has 1 aromatic rings. The second-order valence-electron chi connectivity index (χ2n) is 4.26. The topological polar surface area (TPSA) is 32.3 Å². The summed E-state index contributed by atoms with van der Waals surface area (Å²) in [6, 6.07) is 6.01. The zero-order valence-corrected chi connectivity index (χ0v) is 10.2. The van der Waals surface area contributed by atoms with E-state index in [9.17, 15) is 4.79 Å². The van der Waals surface area contributed by atoms with Crippen molar-refractivity contribution in [3.63, 3.8) is 0 Å². The zero-order valence-electron chi connectivity index (χ0n) is 9.46. The molecule has 1 amide bonds. The maximum absolute atomic E-state index is 11.4. The summed E-state index contributed by atoms with van der Waals surface area (Å²) in [6.07, 6.45) is 0. The molecule has 0 spiro atoms. The maximum Gasteiger partial charge on any atom is 0.242 e. The molecule has 1 aliphatic heterocycles. The van der Waals surface area contributed by atoms with Gasteiger partial charge in [0.25, 0.3) is 0 Å². The van der Waals surface area contributed by atoms with Gasteiger partial charge in [0.05, 0.1) is 0 Å². The first-order valence-corrected chi connectivity index (χ1v) is 5.75. The predicted molar refractivity (Wildman–Crippen MR) is 65.6 cm³/mol. The van der Waals surface area contributed by atoms with Crippen LogP contribution in [0.25, 0.3) is 0 Å². The van der Waals surface area contributed by atoms with E-state index in [1.54, 1.807) is 6.92 Å². The average molecular weight is 239 g/mol. The standard InChI is InChI=1S/C12H15ClN2O/c1-8(13)12(16)14-11-4-3-9-6-15(2)7-10(9)5-11/h3-5,8H,6-7H2,1-2H3,(H,14,16). The van der Waals surface area contributed by atoms with Gasteiger partial charge in [0.2, 0.25) is 5.91 Å². The zero-order chi connectivity index (χ0) is 11.7. The third kappa shape index (κ3) is 2.36. The molecule has 1 N–H and O–H groups in total. The van der Waals surface area contributed by atoms with E-state index in [0.29, 0.717) is 0 Å². The summed E-state index contributed by atoms with van der Waals surface area (Å²) in [5, 5.41) is 2.29. The molecule has 0 saturated carbocycles. The lowest BCUT2D eigenvalue weighted by molar-refractivity contribution is -0.115. The Kier molecular flexibility index (Phi) is 3.17. The molecule has 0 bridgehead atoms. The lowest BCUT2D eigenvalue weighted by atomic mass is 10.1. The third-order valence-corrected chi connectivity index (χ3v) is 2.91. The molecule has 4 heteroatoms. The minimum absolute atomic E-state index is 0.159. The number of nitrogens with zero attached hydrogens (tertiary/aromatic N) is 1. The normalized spacial score (nSPS) is 16.9. The largest absolute Gasteiger partial charge is 0.325 e. The highest BCUT2D eigenvalue weighted by Gasteiger charge is 2.16. The first kappa shape index (κ1) is 11.4. The van der Waals surface area contributed by atoms with Crippen molar-refractivity contribution in [2.24, 2.45) is 0 Å². The first-order valence-electron chi connectivity index (χ1n) is 5.31. The van der Waals surface area contributed by atoms with Crippen molar-refractivity contribution in [3.05, 3.63) is 29.3 Å². The Bertz CT molecular complexity index is 417. The summed E-state index contributed by atoms with van der Waals surface area (Å²) < 4.78 is 0. The van der Waals surface area contributed by atoms with Crippen LogP contribution in [-0.4, -0.2) is 23.2 Å². The second kappa shape index (κ2) is 4.44. The van der Waals surface area contributed by atoms with Gasteiger partial charge in [0, 0.05) is 18.8 Å². The fourth-order valence-corrected chi connectivity index (χ4v) is 1.94. The summed E-state index contributed by atoms with van der Waals surface area (Å²) >= 11 is 5.70. The molecule has 0 fully saturated rings. The highest BCUT2D eigenvalue weighted by molar-refractivity contribution is 6.32. The molecular weight excluding hydrogens is 224 g/mol. The number of halogens is 1. The van der Waals surface area contributed by atoms with Gasteiger partial charge in [-0.2, -0.15) is 0 Å². The third-order valence-electron chi connectivity index (χ3n) is 2.72. The summed E-state index contributed by atoms with van der Waals surface area (Å²) in [5.41, 5.74) is 3.44. The van der Waals surface area contributed by atoms with Crippen LogP contribution in [-0.2, 0) is 17.9 Å². The van der Waals surface area contributed by atoms with Crippen LogP contribution >= 0.6 is 11.6 Å². The number of amides is 1. The minimum Gasteiger partial charge on any atom is -0.325 e. The molecule has 16 heavy (non-hydrogen) atoms. The van der Waals surface area contributed by atoms with Crippen LogP contribution in [0.1, 0.15) is 18.1 Å². The van der Waals surface area contributed by atoms with Gasteiger partial charge in [-0.15, -0.1) is 11.6 Å². The molecule has 0 aliphatic carbocycles. The molecule has 1 heterocycles. The molecule has 3 nitrogen and oxygen atoms in total. The van der Waals surface area contributed by atoms with E-state index in [2.05, 4.69) is 23.3 Å². The van der Waals surface area contributed by atoms with E-state index >= 15 is 0 Å². The van der Waals surface area contributed by atoms with E-state index in [-0.39, 0.29) is 5.91 Å². The lowest BCUT2D eigenvalue weighted by Gasteiger charge is -2.07. The lowest BCUT2D eigenvalue weighted by Crippen LogP contribution is -2.20. The van der Waals surface area contributed by atoms with Gasteiger partial charge in [0.15, 0.2) is 0 Å². The quantitative estimate of drug-likeness (QED) is 0.802. The van der Waals surface area contributed by atoms with Crippen molar-refractivity contribution in [2.75, 3.05) is 12.4 Å². The SMILES string of the molecule is CC(Cl)C(=O)Nc1ccc2c(c1)CN(C)C2. The Morgan fingerprint density at radius 1 is 1.44 bits per heavy atom. The fraction of sp³-hybridized carbons (Fsp3) is 0.417. The first-order chi connectivity index (χ1) is 7.56. The van der Waals surface area contributed by atoms with Crippen molar-refractivity contribution in [1.29, 1.82) is 0 Å². The molecule has 2 rings (SSSR count). The van der Waals surface area contributed by atoms with E-state index in [4.69, 9.17) is 11.6 Å². The van der Waals surface area contributed by atoms with Crippen LogP contribution in [0.2, 0.25) is 0 Å². The van der Waals surface area contributed by atoms with Gasteiger partial charge < -0.3 is 5.32 Å². The van der Waals surface area contributed by atoms with Gasteiger partial charge in [-0.1, -0.05) is 6.07 Å². The number of rotatable bonds is 2. The Morgan fingerprint density at radius 2 is 2.12 bits per heavy atom. The number of alkyl halides is 1. The van der Waals surface area contributed by atoms with Crippen molar-refractivity contribution < 1.29 is 4.79 Å². The Morgan fingerprint density at radius 3 is 2.81 bits per heavy atom. The minimum atomic E-state index is -0.504. The second-order valence-corrected chi connectivity index (χ2v) is 4.92. The van der Waals surface area contributed by atoms with E-state index in [1.807, 2.05) is 12.1 Å². The van der Waals surface area contributed by atoms with Gasteiger partial charge >= 0.3 is 0 Å². The fourth-order valence-electron chi connectivity index (χ4n) is 1.88. The van der Waals surface area contributed by atoms with Crippen LogP contribution in [0, 0.1) is 0 Å². The Labute approximate surface area is 100 Å². The Hall–Kier alpha value is -1.06. The molecule has 1 atom stereocenters. The summed E-state index contributed by atoms with van der Waals surface area (Å²) in [6.45, 7) is 3.59. The van der Waals surface area contributed by atoms with Crippen LogP contribution in [0.3, 0.4) is 0 Å². The number of benzene rings is 1. The van der Waals surface area contributed by atoms with Crippen LogP contribution in [0.5, 0.6) is 0 Å². The van der Waals surface area contributed by atoms with Gasteiger partial charge in [-0.05, 0) is 37.2 Å². The molecule has 1 aromatic carbocycles. The molecular formula is C12H15ClN2O. The number of hydrogen-bond donors (Lipinski definition) is 1. The average Bonchev–Trinajstić information content (AvgIpc) is 2.57. The molecule has 1 unspecified atom stereocenters. The number of fused-ring (bicyclic) bond motifs is 1. The van der Waals surface area contributed by atoms with Crippen molar-refractivity contribution in [2.45, 2.75) is 25.4 Å². The Balaban J connectivity index is 2.14. The molecule has 1 aliphatic rings. The summed E-state index contributed by atoms with van der Waals surface area (Å²) in [7, 11) is 2.08. The number of nitrogens with one attached hydrogen (secondary N) is 1. The monoisotopic (exact) mass is 238 g/mol. The molecule has 0 saturated heterocycles. The molecule has 0 radical (unpaired) electrons. The van der Waals surface area contributed by atoms with Crippen molar-refractivity contribution >= 4 is 23.2 Å². The summed E-state index contributed by atoms with van der Waals surface area (Å²) in [5.74, 6) is -0.159. The van der Waals surface area contributed by atoms with Crippen LogP contribution in [0.4, 0.5) is 5.69 Å². The highest BCUT2D eigenvalue weighted by Crippen LogP contribution is 2.24. The number of carbonyl (C=O) groups is 1. The van der Waals surface area contributed by atoms with Gasteiger partial charge in [-0.25, -0.2) is 0 Å². The maximum atomic E-state index is 11.4. The number of anilines is 1. The van der Waals surface area contributed by atoms with Crippen molar-refractivity contribution in [3.8, 4) is 0 Å². The van der Waals surface area contributed by atoms with Gasteiger partial charge in [-0.3, -0.25) is 9.69 Å². The summed E-state index contributed by atoms with van der Waals surface area (Å²) in [4.78, 5) is 13.7. The van der Waals surface area contributed by atoms with Crippen LogP contribution in [0.15, 0.2) is 18.2 Å².